The van der Waals surface area contributed by atoms with Crippen LogP contribution in [-0.2, 0) is 4.74 Å². The monoisotopic (exact) mass is 684 g/mol. The molecule has 4 rings (SSSR count). The van der Waals surface area contributed by atoms with Crippen LogP contribution >= 0.6 is 0 Å². The molecular formula is C42H36N8O2. The van der Waals surface area contributed by atoms with Gasteiger partial charge in [0.05, 0.1) is 55.0 Å². The molecule has 10 nitrogen and oxygen atoms in total. The van der Waals surface area contributed by atoms with Crippen LogP contribution in [0.5, 0.6) is 0 Å². The van der Waals surface area contributed by atoms with E-state index in [1.165, 1.54) is 0 Å². The lowest BCUT2D eigenvalue weighted by Crippen LogP contribution is -2.48. The molecule has 10 heteroatoms. The number of amides is 1. The van der Waals surface area contributed by atoms with Crippen LogP contribution in [0.2, 0.25) is 0 Å². The Balaban J connectivity index is 1.72. The molecule has 2 aromatic rings. The van der Waals surface area contributed by atoms with Crippen LogP contribution in [0.3, 0.4) is 0 Å². The number of nitriles is 5. The van der Waals surface area contributed by atoms with Gasteiger partial charge in [0.2, 0.25) is 0 Å². The van der Waals surface area contributed by atoms with Crippen molar-refractivity contribution >= 4 is 11.7 Å². The fraction of sp³-hybridized carbons (Fsp3) is 0.262. The fourth-order valence-electron chi connectivity index (χ4n) is 6.38. The van der Waals surface area contributed by atoms with Gasteiger partial charge in [-0.25, -0.2) is 14.9 Å². The van der Waals surface area contributed by atoms with Gasteiger partial charge in [-0.1, -0.05) is 91.0 Å². The molecule has 0 radical (unpaired) electrons. The van der Waals surface area contributed by atoms with E-state index in [1.54, 1.807) is 54.3 Å². The Labute approximate surface area is 305 Å². The van der Waals surface area contributed by atoms with Crippen LogP contribution < -0.4 is 0 Å². The summed E-state index contributed by atoms with van der Waals surface area (Å²) in [4.78, 5) is 19.7. The second-order valence-electron chi connectivity index (χ2n) is 11.8. The quantitative estimate of drug-likeness (QED) is 0.132. The number of rotatable bonds is 11. The maximum atomic E-state index is 12.4. The number of carbonyl (C=O) groups is 1. The topological polar surface area (TPSA) is 156 Å². The van der Waals surface area contributed by atoms with Crippen LogP contribution in [0.1, 0.15) is 36.8 Å². The molecule has 2 aliphatic rings. The number of ether oxygens (including phenoxy) is 1. The first-order chi connectivity index (χ1) is 25.4. The number of benzene rings is 2. The molecule has 1 saturated heterocycles. The number of nitrogens with zero attached hydrogens (tertiary/aromatic N) is 8. The van der Waals surface area contributed by atoms with Gasteiger partial charge in [0.15, 0.2) is 0 Å². The molecule has 1 amide bonds. The van der Waals surface area contributed by atoms with Gasteiger partial charge in [-0.3, -0.25) is 0 Å². The lowest BCUT2D eigenvalue weighted by molar-refractivity contribution is 0.0873. The zero-order valence-corrected chi connectivity index (χ0v) is 28.8. The van der Waals surface area contributed by atoms with E-state index >= 15 is 0 Å². The van der Waals surface area contributed by atoms with Crippen molar-refractivity contribution in [3.8, 4) is 30.3 Å². The van der Waals surface area contributed by atoms with Crippen molar-refractivity contribution in [2.45, 2.75) is 25.7 Å². The summed E-state index contributed by atoms with van der Waals surface area (Å²) >= 11 is 0. The predicted molar refractivity (Wildman–Crippen MR) is 195 cm³/mol. The van der Waals surface area contributed by atoms with Gasteiger partial charge in [0, 0.05) is 43.4 Å². The van der Waals surface area contributed by atoms with Crippen LogP contribution in [0.15, 0.2) is 125 Å². The standard InChI is InChI=1S/C42H36N8O2/c1-3-52-42(51)50-24-22-49(23-25-50)41-33(16-10-18-35(26-43)39(37(28-45)29-46)31-12-6-4-7-13-31)20-21-34(41)17-11-19-36(27-44)40(38(30-47)48-2)32-14-8-5-9-15-32/h4-19,35,37,39H,3,20-25H2,1H3. The molecule has 1 heterocycles. The van der Waals surface area contributed by atoms with E-state index in [2.05, 4.69) is 34.0 Å². The van der Waals surface area contributed by atoms with Crippen molar-refractivity contribution in [1.82, 2.24) is 9.80 Å². The number of piperazine rings is 1. The summed E-state index contributed by atoms with van der Waals surface area (Å²) in [6.45, 7) is 11.7. The number of hydrogen-bond acceptors (Lipinski definition) is 8. The summed E-state index contributed by atoms with van der Waals surface area (Å²) in [5, 5.41) is 49.4. The highest BCUT2D eigenvalue weighted by molar-refractivity contribution is 5.88. The highest BCUT2D eigenvalue weighted by Gasteiger charge is 2.31. The first-order valence-electron chi connectivity index (χ1n) is 16.8. The van der Waals surface area contributed by atoms with Gasteiger partial charge in [0.25, 0.3) is 5.70 Å². The second kappa shape index (κ2) is 19.2. The van der Waals surface area contributed by atoms with Crippen molar-refractivity contribution in [3.05, 3.63) is 148 Å². The van der Waals surface area contributed by atoms with Crippen LogP contribution in [0.25, 0.3) is 10.4 Å². The Morgan fingerprint density at radius 2 is 1.58 bits per heavy atom. The summed E-state index contributed by atoms with van der Waals surface area (Å²) in [5.74, 6) is -2.38. The third kappa shape index (κ3) is 9.11. The van der Waals surface area contributed by atoms with E-state index in [1.807, 2.05) is 60.7 Å². The lowest BCUT2D eigenvalue weighted by Gasteiger charge is -2.37. The summed E-state index contributed by atoms with van der Waals surface area (Å²) in [5.41, 5.74) is 4.60. The first-order valence-corrected chi connectivity index (χ1v) is 16.8. The SMILES string of the molecule is [C-]#[N+]C(C#N)=C(C(C#N)=CC=CC1=C(N2CCN(C(=O)OCC)CC2)C(=CC=CC(C#N)C(c2ccccc2)C(C#N)C#N)CC1)c1ccccc1. The number of carbonyl (C=O) groups excluding carboxylic acids is 1. The van der Waals surface area contributed by atoms with Gasteiger partial charge < -0.3 is 14.5 Å². The Morgan fingerprint density at radius 3 is 2.15 bits per heavy atom. The zero-order chi connectivity index (χ0) is 37.3. The summed E-state index contributed by atoms with van der Waals surface area (Å²) in [6, 6.07) is 28.5. The highest BCUT2D eigenvalue weighted by Crippen LogP contribution is 2.37. The normalized spacial score (nSPS) is 17.1. The molecule has 0 spiro atoms. The van der Waals surface area contributed by atoms with Crippen molar-refractivity contribution < 1.29 is 9.53 Å². The summed E-state index contributed by atoms with van der Waals surface area (Å²) < 4.78 is 5.21. The smallest absolute Gasteiger partial charge is 0.409 e. The first kappa shape index (κ1) is 37.7. The zero-order valence-electron chi connectivity index (χ0n) is 28.8. The Morgan fingerprint density at radius 1 is 0.904 bits per heavy atom. The molecule has 52 heavy (non-hydrogen) atoms. The third-order valence-electron chi connectivity index (χ3n) is 8.83. The minimum absolute atomic E-state index is 0.175. The highest BCUT2D eigenvalue weighted by atomic mass is 16.6. The Bertz CT molecular complexity index is 2030. The molecule has 1 aliphatic heterocycles. The Kier molecular flexibility index (Phi) is 13.9. The molecule has 256 valence electrons. The molecule has 0 aromatic heterocycles. The molecule has 2 unspecified atom stereocenters. The largest absolute Gasteiger partial charge is 0.450 e. The van der Waals surface area contributed by atoms with E-state index < -0.39 is 17.8 Å². The molecule has 2 atom stereocenters. The molecule has 1 aliphatic carbocycles. The van der Waals surface area contributed by atoms with Gasteiger partial charge >= 0.3 is 6.09 Å². The number of hydrogen-bond donors (Lipinski definition) is 0. The lowest BCUT2D eigenvalue weighted by atomic mass is 9.78. The van der Waals surface area contributed by atoms with Gasteiger partial charge in [0.1, 0.15) is 5.92 Å². The van der Waals surface area contributed by atoms with E-state index in [0.717, 1.165) is 22.4 Å². The molecular weight excluding hydrogens is 649 g/mol. The van der Waals surface area contributed by atoms with Crippen molar-refractivity contribution in [1.29, 1.82) is 26.3 Å². The maximum Gasteiger partial charge on any atom is 0.409 e. The van der Waals surface area contributed by atoms with E-state index in [4.69, 9.17) is 11.3 Å². The number of allylic oxidation sites excluding steroid dienone is 11. The van der Waals surface area contributed by atoms with Crippen LogP contribution in [-0.4, -0.2) is 48.7 Å². The van der Waals surface area contributed by atoms with Crippen LogP contribution in [0.4, 0.5) is 4.79 Å². The van der Waals surface area contributed by atoms with E-state index in [9.17, 15) is 31.1 Å². The maximum absolute atomic E-state index is 12.4. The van der Waals surface area contributed by atoms with Gasteiger partial charge in [-0.15, -0.1) is 0 Å². The molecule has 1 fully saturated rings. The van der Waals surface area contributed by atoms with Crippen molar-refractivity contribution in [2.75, 3.05) is 32.8 Å². The average molecular weight is 685 g/mol. The minimum atomic E-state index is -1.01. The van der Waals surface area contributed by atoms with Gasteiger partial charge in [-0.2, -0.15) is 21.0 Å². The van der Waals surface area contributed by atoms with Crippen LogP contribution in [0, 0.1) is 75.1 Å². The van der Waals surface area contributed by atoms with E-state index in [0.29, 0.717) is 51.2 Å². The average Bonchev–Trinajstić information content (AvgIpc) is 3.59. The molecule has 0 saturated carbocycles. The third-order valence-corrected chi connectivity index (χ3v) is 8.83. The minimum Gasteiger partial charge on any atom is -0.450 e. The summed E-state index contributed by atoms with van der Waals surface area (Å²) in [7, 11) is 0. The van der Waals surface area contributed by atoms with Gasteiger partial charge in [-0.05, 0) is 48.1 Å². The van der Waals surface area contributed by atoms with E-state index in [-0.39, 0.29) is 22.9 Å². The van der Waals surface area contributed by atoms with Crippen molar-refractivity contribution in [3.63, 3.8) is 0 Å². The molecule has 0 N–H and O–H groups in total. The molecule has 0 bridgehead atoms. The summed E-state index contributed by atoms with van der Waals surface area (Å²) in [6.07, 6.45) is 11.8. The van der Waals surface area contributed by atoms with Crippen molar-refractivity contribution in [2.24, 2.45) is 11.8 Å². The fourth-order valence-corrected chi connectivity index (χ4v) is 6.38. The second-order valence-corrected chi connectivity index (χ2v) is 11.8. The predicted octanol–water partition coefficient (Wildman–Crippen LogP) is 7.74. The Hall–Kier alpha value is -7.11. The molecule has 2 aromatic carbocycles.